The molecule has 2 rings (SSSR count). The summed E-state index contributed by atoms with van der Waals surface area (Å²) in [7, 11) is 0. The van der Waals surface area contributed by atoms with Gasteiger partial charge in [0.1, 0.15) is 5.82 Å². The van der Waals surface area contributed by atoms with Crippen molar-refractivity contribution in [3.05, 3.63) is 34.6 Å². The summed E-state index contributed by atoms with van der Waals surface area (Å²) in [6.45, 7) is 3.53. The number of benzene rings is 1. The molecule has 128 valence electrons. The predicted octanol–water partition coefficient (Wildman–Crippen LogP) is 2.58. The summed E-state index contributed by atoms with van der Waals surface area (Å²) in [6, 6.07) is 4.56. The number of piperidine rings is 1. The second-order valence-electron chi connectivity index (χ2n) is 6.16. The van der Waals surface area contributed by atoms with Gasteiger partial charge in [-0.1, -0.05) is 23.7 Å². The van der Waals surface area contributed by atoms with Crippen molar-refractivity contribution in [1.82, 2.24) is 10.6 Å². The van der Waals surface area contributed by atoms with E-state index in [0.717, 1.165) is 19.4 Å². The molecule has 6 heteroatoms. The first-order chi connectivity index (χ1) is 10.9. The summed E-state index contributed by atoms with van der Waals surface area (Å²) in [5, 5.41) is 17.4. The highest BCUT2D eigenvalue weighted by molar-refractivity contribution is 6.31. The Kier molecular flexibility index (Phi) is 6.39. The molecular formula is C17H24ClFN2O2. The van der Waals surface area contributed by atoms with Crippen molar-refractivity contribution in [1.29, 1.82) is 0 Å². The molecule has 0 radical (unpaired) electrons. The highest BCUT2D eigenvalue weighted by Crippen LogP contribution is 2.41. The Labute approximate surface area is 141 Å². The molecular weight excluding hydrogens is 319 g/mol. The molecule has 0 bridgehead atoms. The lowest BCUT2D eigenvalue weighted by atomic mass is 9.74. The zero-order valence-electron chi connectivity index (χ0n) is 13.4. The van der Waals surface area contributed by atoms with Gasteiger partial charge in [-0.2, -0.15) is 0 Å². The summed E-state index contributed by atoms with van der Waals surface area (Å²) >= 11 is 6.13. The van der Waals surface area contributed by atoms with Crippen LogP contribution in [0.4, 0.5) is 4.39 Å². The van der Waals surface area contributed by atoms with Crippen molar-refractivity contribution in [3.8, 4) is 0 Å². The molecule has 0 spiro atoms. The van der Waals surface area contributed by atoms with Crippen LogP contribution in [0.3, 0.4) is 0 Å². The topological polar surface area (TPSA) is 61.4 Å². The average Bonchev–Trinajstić information content (AvgIpc) is 2.54. The maximum atomic E-state index is 13.9. The number of rotatable bonds is 6. The lowest BCUT2D eigenvalue weighted by molar-refractivity contribution is -0.119. The van der Waals surface area contributed by atoms with Crippen LogP contribution in [0.25, 0.3) is 0 Å². The molecule has 1 aliphatic heterocycles. The maximum Gasteiger partial charge on any atom is 0.216 e. The zero-order valence-corrected chi connectivity index (χ0v) is 14.1. The molecule has 1 fully saturated rings. The van der Waals surface area contributed by atoms with Gasteiger partial charge in [0.05, 0.1) is 10.6 Å². The Hall–Kier alpha value is -1.17. The third-order valence-corrected chi connectivity index (χ3v) is 4.88. The monoisotopic (exact) mass is 342 g/mol. The van der Waals surface area contributed by atoms with Gasteiger partial charge in [0, 0.05) is 31.5 Å². The lowest BCUT2D eigenvalue weighted by Gasteiger charge is -2.40. The molecule has 1 amide bonds. The minimum absolute atomic E-state index is 0.0138. The van der Waals surface area contributed by atoms with Crippen LogP contribution >= 0.6 is 11.6 Å². The molecule has 0 aromatic heterocycles. The highest BCUT2D eigenvalue weighted by atomic mass is 35.5. The van der Waals surface area contributed by atoms with Crippen LogP contribution in [0.1, 0.15) is 38.2 Å². The second-order valence-corrected chi connectivity index (χ2v) is 6.53. The molecule has 1 aromatic rings. The van der Waals surface area contributed by atoms with E-state index in [1.54, 1.807) is 12.1 Å². The van der Waals surface area contributed by atoms with Gasteiger partial charge in [0.25, 0.3) is 0 Å². The van der Waals surface area contributed by atoms with Crippen molar-refractivity contribution in [2.24, 2.45) is 5.92 Å². The number of amides is 1. The van der Waals surface area contributed by atoms with E-state index in [2.05, 4.69) is 10.6 Å². The average molecular weight is 343 g/mol. The molecule has 0 unspecified atom stereocenters. The Morgan fingerprint density at radius 3 is 3.00 bits per heavy atom. The van der Waals surface area contributed by atoms with Crippen LogP contribution in [0.2, 0.25) is 5.02 Å². The summed E-state index contributed by atoms with van der Waals surface area (Å²) in [5.41, 5.74) is -0.763. The van der Waals surface area contributed by atoms with E-state index in [9.17, 15) is 14.3 Å². The van der Waals surface area contributed by atoms with Crippen molar-refractivity contribution in [3.63, 3.8) is 0 Å². The normalized spacial score (nSPS) is 20.8. The van der Waals surface area contributed by atoms with Crippen LogP contribution in [0.5, 0.6) is 0 Å². The fourth-order valence-electron chi connectivity index (χ4n) is 3.28. The third kappa shape index (κ3) is 4.43. The van der Waals surface area contributed by atoms with Crippen molar-refractivity contribution < 1.29 is 14.3 Å². The van der Waals surface area contributed by atoms with Crippen molar-refractivity contribution in [2.75, 3.05) is 19.6 Å². The number of hydrogen-bond donors (Lipinski definition) is 3. The summed E-state index contributed by atoms with van der Waals surface area (Å²) in [6.07, 6.45) is 2.84. The highest BCUT2D eigenvalue weighted by Gasteiger charge is 2.40. The van der Waals surface area contributed by atoms with Gasteiger partial charge in [-0.25, -0.2) is 4.39 Å². The second kappa shape index (κ2) is 8.08. The number of hydrogen-bond acceptors (Lipinski definition) is 3. The largest absolute Gasteiger partial charge is 0.385 e. The maximum absolute atomic E-state index is 13.9. The van der Waals surface area contributed by atoms with Gasteiger partial charge in [0.2, 0.25) is 5.91 Å². The standard InChI is InChI=1S/C17H24ClFN2O2/c1-12(22)21-10-4-8-17(23,13-5-3-9-20-11-13)14-6-2-7-15(19)16(14)18/h2,6-7,13,20,23H,3-5,8-11H2,1H3,(H,21,22)/t13-,17+/m1/s1. The summed E-state index contributed by atoms with van der Waals surface area (Å²) < 4.78 is 13.9. The predicted molar refractivity (Wildman–Crippen MR) is 88.8 cm³/mol. The molecule has 3 N–H and O–H groups in total. The smallest absolute Gasteiger partial charge is 0.216 e. The minimum Gasteiger partial charge on any atom is -0.385 e. The van der Waals surface area contributed by atoms with Gasteiger partial charge in [-0.05, 0) is 38.3 Å². The quantitative estimate of drug-likeness (QED) is 0.696. The van der Waals surface area contributed by atoms with Gasteiger partial charge in [0.15, 0.2) is 0 Å². The number of aliphatic hydroxyl groups is 1. The number of halogens is 2. The van der Waals surface area contributed by atoms with E-state index < -0.39 is 11.4 Å². The van der Waals surface area contributed by atoms with Crippen LogP contribution in [0.15, 0.2) is 18.2 Å². The van der Waals surface area contributed by atoms with E-state index in [4.69, 9.17) is 11.6 Å². The molecule has 23 heavy (non-hydrogen) atoms. The molecule has 1 aliphatic rings. The first-order valence-electron chi connectivity index (χ1n) is 8.07. The number of nitrogens with one attached hydrogen (secondary N) is 2. The van der Waals surface area contributed by atoms with E-state index in [1.165, 1.54) is 13.0 Å². The van der Waals surface area contributed by atoms with E-state index in [-0.39, 0.29) is 16.8 Å². The SMILES string of the molecule is CC(=O)NCCC[C@@](O)(c1cccc(F)c1Cl)[C@@H]1CCCNC1. The minimum atomic E-state index is -1.20. The van der Waals surface area contributed by atoms with E-state index in [1.807, 2.05) is 0 Å². The lowest BCUT2D eigenvalue weighted by Crippen LogP contribution is -2.45. The van der Waals surface area contributed by atoms with Crippen LogP contribution in [-0.4, -0.2) is 30.6 Å². The summed E-state index contributed by atoms with van der Waals surface area (Å²) in [5.74, 6) is -0.655. The number of carbonyl (C=O) groups is 1. The molecule has 1 saturated heterocycles. The number of carbonyl (C=O) groups excluding carboxylic acids is 1. The molecule has 0 aliphatic carbocycles. The van der Waals surface area contributed by atoms with Crippen LogP contribution in [0, 0.1) is 11.7 Å². The third-order valence-electron chi connectivity index (χ3n) is 4.50. The Balaban J connectivity index is 2.22. The zero-order chi connectivity index (χ0) is 16.9. The van der Waals surface area contributed by atoms with E-state index in [0.29, 0.717) is 31.5 Å². The Morgan fingerprint density at radius 1 is 1.57 bits per heavy atom. The first-order valence-corrected chi connectivity index (χ1v) is 8.45. The molecule has 2 atom stereocenters. The van der Waals surface area contributed by atoms with Gasteiger partial charge >= 0.3 is 0 Å². The van der Waals surface area contributed by atoms with Crippen molar-refractivity contribution in [2.45, 2.75) is 38.2 Å². The van der Waals surface area contributed by atoms with Crippen LogP contribution < -0.4 is 10.6 Å². The molecule has 0 saturated carbocycles. The first kappa shape index (κ1) is 18.2. The van der Waals surface area contributed by atoms with Gasteiger partial charge in [-0.3, -0.25) is 4.79 Å². The van der Waals surface area contributed by atoms with Crippen LogP contribution in [-0.2, 0) is 10.4 Å². The Morgan fingerprint density at radius 2 is 2.35 bits per heavy atom. The Bertz CT molecular complexity index is 549. The molecule has 1 heterocycles. The fraction of sp³-hybridized carbons (Fsp3) is 0.588. The summed E-state index contributed by atoms with van der Waals surface area (Å²) in [4.78, 5) is 11.0. The van der Waals surface area contributed by atoms with Gasteiger partial charge < -0.3 is 15.7 Å². The fourth-order valence-corrected chi connectivity index (χ4v) is 3.57. The van der Waals surface area contributed by atoms with Gasteiger partial charge in [-0.15, -0.1) is 0 Å². The molecule has 4 nitrogen and oxygen atoms in total. The van der Waals surface area contributed by atoms with Crippen molar-refractivity contribution >= 4 is 17.5 Å². The molecule has 1 aromatic carbocycles. The van der Waals surface area contributed by atoms with E-state index >= 15 is 0 Å².